The van der Waals surface area contributed by atoms with Gasteiger partial charge in [-0.1, -0.05) is 19.4 Å². The van der Waals surface area contributed by atoms with E-state index in [1.807, 2.05) is 6.92 Å². The SMILES string of the molecule is CCCCOC(=O)c1cccc(C(=O)OCCOCCO)c1S(=O)(=O)O. The molecule has 1 aromatic rings. The van der Waals surface area contributed by atoms with Crippen LogP contribution in [-0.2, 0) is 24.3 Å². The van der Waals surface area contributed by atoms with Gasteiger partial charge >= 0.3 is 11.9 Å². The summed E-state index contributed by atoms with van der Waals surface area (Å²) in [5.41, 5.74) is -0.936. The summed E-state index contributed by atoms with van der Waals surface area (Å²) in [6, 6.07) is 3.53. The molecule has 1 aromatic carbocycles. The molecule has 0 aliphatic rings. The Morgan fingerprint density at radius 3 is 2.08 bits per heavy atom. The Kier molecular flexibility index (Phi) is 9.21. The molecule has 146 valence electrons. The minimum Gasteiger partial charge on any atom is -0.462 e. The van der Waals surface area contributed by atoms with Gasteiger partial charge in [-0.25, -0.2) is 9.59 Å². The number of rotatable bonds is 11. The number of benzene rings is 1. The minimum absolute atomic E-state index is 0.00768. The normalized spacial score (nSPS) is 11.2. The van der Waals surface area contributed by atoms with Gasteiger partial charge in [0, 0.05) is 0 Å². The van der Waals surface area contributed by atoms with Crippen molar-refractivity contribution in [2.75, 3.05) is 33.0 Å². The van der Waals surface area contributed by atoms with E-state index in [4.69, 9.17) is 19.3 Å². The van der Waals surface area contributed by atoms with E-state index in [1.54, 1.807) is 0 Å². The molecule has 0 aliphatic carbocycles. The number of aliphatic hydroxyl groups is 1. The standard InChI is InChI=1S/C16H22O9S/c1-2-3-8-24-15(18)12-5-4-6-13(14(12)26(20,21)22)16(19)25-11-10-23-9-7-17/h4-6,17H,2-3,7-11H2,1H3,(H,20,21,22). The van der Waals surface area contributed by atoms with Crippen LogP contribution in [0.25, 0.3) is 0 Å². The van der Waals surface area contributed by atoms with Gasteiger partial charge in [0.15, 0.2) is 0 Å². The van der Waals surface area contributed by atoms with E-state index in [9.17, 15) is 22.6 Å². The maximum absolute atomic E-state index is 12.1. The molecule has 0 radical (unpaired) electrons. The molecule has 9 nitrogen and oxygen atoms in total. The fourth-order valence-corrected chi connectivity index (χ4v) is 2.82. The summed E-state index contributed by atoms with van der Waals surface area (Å²) in [5, 5.41) is 8.57. The summed E-state index contributed by atoms with van der Waals surface area (Å²) in [6.45, 7) is 1.63. The predicted octanol–water partition coefficient (Wildman–Crippen LogP) is 1.06. The number of aliphatic hydroxyl groups excluding tert-OH is 1. The Labute approximate surface area is 151 Å². The van der Waals surface area contributed by atoms with Crippen molar-refractivity contribution < 1.29 is 41.9 Å². The van der Waals surface area contributed by atoms with Gasteiger partial charge in [-0.15, -0.1) is 0 Å². The Balaban J connectivity index is 3.03. The number of ether oxygens (including phenoxy) is 3. The highest BCUT2D eigenvalue weighted by molar-refractivity contribution is 7.86. The van der Waals surface area contributed by atoms with Crippen molar-refractivity contribution >= 4 is 22.1 Å². The fourth-order valence-electron chi connectivity index (χ4n) is 1.96. The molecule has 0 aliphatic heterocycles. The molecule has 2 N–H and O–H groups in total. The van der Waals surface area contributed by atoms with Crippen molar-refractivity contribution in [2.45, 2.75) is 24.7 Å². The quantitative estimate of drug-likeness (QED) is 0.323. The zero-order chi connectivity index (χ0) is 19.6. The van der Waals surface area contributed by atoms with Crippen molar-refractivity contribution in [3.05, 3.63) is 29.3 Å². The van der Waals surface area contributed by atoms with Crippen LogP contribution in [0.15, 0.2) is 23.1 Å². The topological polar surface area (TPSA) is 136 Å². The van der Waals surface area contributed by atoms with Crippen LogP contribution in [0.3, 0.4) is 0 Å². The number of carbonyl (C=O) groups excluding carboxylic acids is 2. The molecule has 0 saturated carbocycles. The summed E-state index contributed by atoms with van der Waals surface area (Å²) in [5.74, 6) is -2.01. The summed E-state index contributed by atoms with van der Waals surface area (Å²) < 4.78 is 47.6. The first-order valence-corrected chi connectivity index (χ1v) is 9.40. The minimum atomic E-state index is -4.89. The van der Waals surface area contributed by atoms with E-state index in [-0.39, 0.29) is 33.0 Å². The van der Waals surface area contributed by atoms with Crippen LogP contribution in [-0.4, -0.2) is 63.1 Å². The van der Waals surface area contributed by atoms with Gasteiger partial charge in [-0.2, -0.15) is 8.42 Å². The van der Waals surface area contributed by atoms with Gasteiger partial charge in [0.2, 0.25) is 0 Å². The molecule has 26 heavy (non-hydrogen) atoms. The molecule has 0 fully saturated rings. The molecular weight excluding hydrogens is 368 g/mol. The number of hydrogen-bond acceptors (Lipinski definition) is 8. The van der Waals surface area contributed by atoms with Crippen molar-refractivity contribution in [3.63, 3.8) is 0 Å². The van der Waals surface area contributed by atoms with E-state index >= 15 is 0 Å². The number of hydrogen-bond donors (Lipinski definition) is 2. The van der Waals surface area contributed by atoms with Crippen LogP contribution in [0.5, 0.6) is 0 Å². The van der Waals surface area contributed by atoms with E-state index in [0.29, 0.717) is 6.42 Å². The lowest BCUT2D eigenvalue weighted by atomic mass is 10.1. The van der Waals surface area contributed by atoms with Gasteiger partial charge in [0.25, 0.3) is 10.1 Å². The molecule has 0 heterocycles. The molecule has 0 unspecified atom stereocenters. The van der Waals surface area contributed by atoms with Gasteiger partial charge in [0.05, 0.1) is 37.6 Å². The highest BCUT2D eigenvalue weighted by Crippen LogP contribution is 2.23. The van der Waals surface area contributed by atoms with Gasteiger partial charge in [0.1, 0.15) is 11.5 Å². The average Bonchev–Trinajstić information content (AvgIpc) is 2.60. The molecule has 0 saturated heterocycles. The Morgan fingerprint density at radius 1 is 1.00 bits per heavy atom. The lowest BCUT2D eigenvalue weighted by molar-refractivity contribution is 0.0254. The van der Waals surface area contributed by atoms with Crippen LogP contribution in [0.2, 0.25) is 0 Å². The number of esters is 2. The lowest BCUT2D eigenvalue weighted by Crippen LogP contribution is -2.19. The first kappa shape index (κ1) is 22.0. The second kappa shape index (κ2) is 10.9. The third-order valence-corrected chi connectivity index (χ3v) is 4.10. The highest BCUT2D eigenvalue weighted by Gasteiger charge is 2.29. The van der Waals surface area contributed by atoms with E-state index in [2.05, 4.69) is 0 Å². The van der Waals surface area contributed by atoms with Crippen molar-refractivity contribution in [3.8, 4) is 0 Å². The Bertz CT molecular complexity index is 712. The lowest BCUT2D eigenvalue weighted by Gasteiger charge is -2.12. The van der Waals surface area contributed by atoms with Crippen LogP contribution < -0.4 is 0 Å². The number of carbonyl (C=O) groups is 2. The summed E-state index contributed by atoms with van der Waals surface area (Å²) in [6.07, 6.45) is 1.35. The van der Waals surface area contributed by atoms with Gasteiger partial charge in [-0.05, 0) is 18.6 Å². The summed E-state index contributed by atoms with van der Waals surface area (Å²) >= 11 is 0. The fraction of sp³-hybridized carbons (Fsp3) is 0.500. The van der Waals surface area contributed by atoms with Crippen LogP contribution in [0.1, 0.15) is 40.5 Å². The third kappa shape index (κ3) is 6.71. The zero-order valence-electron chi connectivity index (χ0n) is 14.3. The summed E-state index contributed by atoms with van der Waals surface area (Å²) in [4.78, 5) is 23.4. The second-order valence-corrected chi connectivity index (χ2v) is 6.48. The van der Waals surface area contributed by atoms with Crippen molar-refractivity contribution in [1.29, 1.82) is 0 Å². The maximum atomic E-state index is 12.1. The van der Waals surface area contributed by atoms with Gasteiger partial charge in [-0.3, -0.25) is 4.55 Å². The predicted molar refractivity (Wildman–Crippen MR) is 89.6 cm³/mol. The van der Waals surface area contributed by atoms with E-state index in [1.165, 1.54) is 6.07 Å². The zero-order valence-corrected chi connectivity index (χ0v) is 15.2. The average molecular weight is 390 g/mol. The molecule has 0 aromatic heterocycles. The Hall–Kier alpha value is -2.01. The molecule has 0 bridgehead atoms. The second-order valence-electron chi connectivity index (χ2n) is 5.12. The highest BCUT2D eigenvalue weighted by atomic mass is 32.2. The summed E-state index contributed by atoms with van der Waals surface area (Å²) in [7, 11) is -4.89. The van der Waals surface area contributed by atoms with Crippen molar-refractivity contribution in [2.24, 2.45) is 0 Å². The van der Waals surface area contributed by atoms with Gasteiger partial charge < -0.3 is 19.3 Å². The Morgan fingerprint density at radius 2 is 1.58 bits per heavy atom. The largest absolute Gasteiger partial charge is 0.462 e. The molecule has 10 heteroatoms. The molecule has 0 amide bonds. The van der Waals surface area contributed by atoms with Crippen LogP contribution in [0.4, 0.5) is 0 Å². The van der Waals surface area contributed by atoms with E-state index < -0.39 is 38.1 Å². The molecular formula is C16H22O9S. The van der Waals surface area contributed by atoms with Crippen molar-refractivity contribution in [1.82, 2.24) is 0 Å². The number of unbranched alkanes of at least 4 members (excludes halogenated alkanes) is 1. The monoisotopic (exact) mass is 390 g/mol. The first-order chi connectivity index (χ1) is 12.3. The maximum Gasteiger partial charge on any atom is 0.339 e. The smallest absolute Gasteiger partial charge is 0.339 e. The van der Waals surface area contributed by atoms with E-state index in [0.717, 1.165) is 18.6 Å². The van der Waals surface area contributed by atoms with Crippen LogP contribution in [0, 0.1) is 0 Å². The molecule has 1 rings (SSSR count). The molecule has 0 spiro atoms. The third-order valence-electron chi connectivity index (χ3n) is 3.14. The van der Waals surface area contributed by atoms with Crippen LogP contribution >= 0.6 is 0 Å². The molecule has 0 atom stereocenters. The first-order valence-electron chi connectivity index (χ1n) is 7.96.